The molecule has 1 saturated heterocycles. The van der Waals surface area contributed by atoms with Crippen LogP contribution >= 0.6 is 0 Å². The normalized spacial score (nSPS) is 18.5. The average molecular weight is 522 g/mol. The third-order valence-electron chi connectivity index (χ3n) is 7.60. The molecule has 2 aliphatic rings. The van der Waals surface area contributed by atoms with Crippen LogP contribution in [0.4, 0.5) is 4.39 Å². The molecule has 1 aromatic carbocycles. The summed E-state index contributed by atoms with van der Waals surface area (Å²) in [4.78, 5) is 46.3. The van der Waals surface area contributed by atoms with E-state index in [9.17, 15) is 23.9 Å². The van der Waals surface area contributed by atoms with Crippen LogP contribution in [-0.4, -0.2) is 72.5 Å². The lowest BCUT2D eigenvalue weighted by Crippen LogP contribution is -2.63. The number of amides is 2. The van der Waals surface area contributed by atoms with Crippen LogP contribution in [0, 0.1) is 11.2 Å². The van der Waals surface area contributed by atoms with Gasteiger partial charge >= 0.3 is 5.97 Å². The number of nitrogens with zero attached hydrogens (tertiary/aromatic N) is 5. The number of hydrogen-bond acceptors (Lipinski definition) is 5. The molecule has 0 spiro atoms. The van der Waals surface area contributed by atoms with Gasteiger partial charge in [-0.15, -0.1) is 0 Å². The van der Waals surface area contributed by atoms with E-state index in [4.69, 9.17) is 0 Å². The molecule has 9 nitrogen and oxygen atoms in total. The Morgan fingerprint density at radius 3 is 2.26 bits per heavy atom. The van der Waals surface area contributed by atoms with Crippen LogP contribution in [0.25, 0.3) is 16.9 Å². The minimum Gasteiger partial charge on any atom is -0.480 e. The molecule has 2 amide bonds. The zero-order valence-electron chi connectivity index (χ0n) is 22.3. The molecule has 3 aromatic rings. The first-order valence-corrected chi connectivity index (χ1v) is 12.7. The first-order chi connectivity index (χ1) is 17.7. The van der Waals surface area contributed by atoms with Gasteiger partial charge in [-0.05, 0) is 62.4 Å². The van der Waals surface area contributed by atoms with Crippen molar-refractivity contribution in [1.29, 1.82) is 0 Å². The Kier molecular flexibility index (Phi) is 5.85. The summed E-state index contributed by atoms with van der Waals surface area (Å²) < 4.78 is 15.1. The second-order valence-electron chi connectivity index (χ2n) is 12.0. The van der Waals surface area contributed by atoms with Crippen molar-refractivity contribution < 1.29 is 23.9 Å². The van der Waals surface area contributed by atoms with Gasteiger partial charge in [-0.25, -0.2) is 13.9 Å². The molecule has 1 N–H and O–H groups in total. The van der Waals surface area contributed by atoms with E-state index < -0.39 is 16.9 Å². The van der Waals surface area contributed by atoms with E-state index in [2.05, 4.69) is 30.9 Å². The number of carbonyl (C=O) groups excluding carboxylic acids is 2. The molecule has 0 radical (unpaired) electrons. The van der Waals surface area contributed by atoms with Gasteiger partial charge < -0.3 is 14.9 Å². The highest BCUT2D eigenvalue weighted by atomic mass is 19.1. The highest BCUT2D eigenvalue weighted by molar-refractivity contribution is 6.05. The Labute approximate surface area is 220 Å². The minimum absolute atomic E-state index is 0.233. The van der Waals surface area contributed by atoms with E-state index >= 15 is 0 Å². The predicted octanol–water partition coefficient (Wildman–Crippen LogP) is 3.76. The summed E-state index contributed by atoms with van der Waals surface area (Å²) in [6.07, 6.45) is 2.31. The van der Waals surface area contributed by atoms with Crippen molar-refractivity contribution in [3.05, 3.63) is 53.6 Å². The number of carboxylic acids is 1. The smallest absolute Gasteiger partial charge is 0.319 e. The third-order valence-corrected chi connectivity index (χ3v) is 7.60. The molecular weight excluding hydrogens is 489 g/mol. The molecular formula is C28H32FN5O4. The number of rotatable bonds is 4. The summed E-state index contributed by atoms with van der Waals surface area (Å²) in [6, 6.07) is 8.02. The summed E-state index contributed by atoms with van der Waals surface area (Å²) in [7, 11) is 0. The lowest BCUT2D eigenvalue weighted by molar-refractivity contribution is -0.155. The minimum atomic E-state index is -1.30. The maximum Gasteiger partial charge on any atom is 0.319 e. The van der Waals surface area contributed by atoms with Crippen LogP contribution in [0.5, 0.6) is 0 Å². The van der Waals surface area contributed by atoms with Gasteiger partial charge in [-0.1, -0.05) is 20.8 Å². The van der Waals surface area contributed by atoms with Gasteiger partial charge in [0.1, 0.15) is 16.9 Å². The quantitative estimate of drug-likeness (QED) is 0.524. The maximum absolute atomic E-state index is 13.7. The van der Waals surface area contributed by atoms with Crippen LogP contribution in [0.15, 0.2) is 36.5 Å². The summed E-state index contributed by atoms with van der Waals surface area (Å²) in [6.45, 7) is 10.7. The van der Waals surface area contributed by atoms with E-state index in [0.717, 1.165) is 11.1 Å². The van der Waals surface area contributed by atoms with E-state index in [1.54, 1.807) is 32.6 Å². The molecule has 10 heteroatoms. The highest BCUT2D eigenvalue weighted by Crippen LogP contribution is 2.48. The number of fused-ring (bicyclic) bond motifs is 1. The predicted molar refractivity (Wildman–Crippen MR) is 138 cm³/mol. The van der Waals surface area contributed by atoms with Crippen molar-refractivity contribution in [1.82, 2.24) is 24.4 Å². The molecule has 1 saturated carbocycles. The lowest BCUT2D eigenvalue weighted by Gasteiger charge is -2.47. The van der Waals surface area contributed by atoms with Crippen molar-refractivity contribution in [3.8, 4) is 11.3 Å². The fraction of sp³-hybridized carbons (Fsp3) is 0.464. The van der Waals surface area contributed by atoms with Gasteiger partial charge in [0.25, 0.3) is 5.91 Å². The first-order valence-electron chi connectivity index (χ1n) is 12.7. The first kappa shape index (κ1) is 25.8. The van der Waals surface area contributed by atoms with Crippen molar-refractivity contribution in [2.24, 2.45) is 5.41 Å². The molecule has 1 aliphatic heterocycles. The van der Waals surface area contributed by atoms with Gasteiger partial charge in [0, 0.05) is 30.8 Å². The van der Waals surface area contributed by atoms with Crippen LogP contribution < -0.4 is 0 Å². The van der Waals surface area contributed by atoms with Gasteiger partial charge in [-0.2, -0.15) is 5.10 Å². The number of aliphatic carboxylic acids is 1. The molecule has 0 unspecified atom stereocenters. The van der Waals surface area contributed by atoms with Crippen molar-refractivity contribution in [3.63, 3.8) is 0 Å². The summed E-state index contributed by atoms with van der Waals surface area (Å²) in [5, 5.41) is 14.2. The number of imidazole rings is 1. The molecule has 38 heavy (non-hydrogen) atoms. The largest absolute Gasteiger partial charge is 0.480 e. The van der Waals surface area contributed by atoms with Gasteiger partial charge in [0.05, 0.1) is 17.4 Å². The van der Waals surface area contributed by atoms with E-state index in [-0.39, 0.29) is 48.4 Å². The average Bonchev–Trinajstić information content (AvgIpc) is 3.55. The molecule has 2 fully saturated rings. The number of aromatic nitrogens is 3. The topological polar surface area (TPSA) is 108 Å². The van der Waals surface area contributed by atoms with E-state index in [0.29, 0.717) is 24.2 Å². The summed E-state index contributed by atoms with van der Waals surface area (Å²) >= 11 is 0. The second kappa shape index (κ2) is 8.61. The van der Waals surface area contributed by atoms with Crippen LogP contribution in [0.1, 0.15) is 63.5 Å². The molecule has 200 valence electrons. The van der Waals surface area contributed by atoms with Gasteiger partial charge in [0.2, 0.25) is 5.91 Å². The molecule has 0 atom stereocenters. The molecule has 3 heterocycles. The lowest BCUT2D eigenvalue weighted by atomic mass is 9.87. The number of hydrogen-bond donors (Lipinski definition) is 1. The number of benzene rings is 1. The van der Waals surface area contributed by atoms with Crippen LogP contribution in [-0.2, 0) is 15.0 Å². The third kappa shape index (κ3) is 4.31. The SMILES string of the molecule is CC(C)(C)c1cc(-c2ccc(F)cc2)nn2cc(C(=O)N3CCN(C(=O)C4(C(=O)O)CC4)CC3(C)C)nc12. The number of piperazine rings is 1. The zero-order valence-corrected chi connectivity index (χ0v) is 22.3. The van der Waals surface area contributed by atoms with Crippen LogP contribution in [0.2, 0.25) is 0 Å². The van der Waals surface area contributed by atoms with Crippen molar-refractivity contribution in [2.45, 2.75) is 58.4 Å². The Hall–Kier alpha value is -3.82. The summed E-state index contributed by atoms with van der Waals surface area (Å²) in [5.74, 6) is -2.06. The Bertz CT molecular complexity index is 1450. The fourth-order valence-corrected chi connectivity index (χ4v) is 5.18. The standard InChI is InChI=1S/C28H32FN5O4/c1-26(2,3)19-14-20(17-6-8-18(29)9-7-17)31-34-15-21(30-22(19)34)23(35)33-13-12-32(16-27(33,4)5)24(36)28(10-11-28)25(37)38/h6-9,14-15H,10-13,16H2,1-5H3,(H,37,38). The zero-order chi connectivity index (χ0) is 27.6. The van der Waals surface area contributed by atoms with Crippen molar-refractivity contribution in [2.75, 3.05) is 19.6 Å². The number of halogens is 1. The van der Waals surface area contributed by atoms with E-state index in [1.165, 1.54) is 12.1 Å². The molecule has 2 aromatic heterocycles. The fourth-order valence-electron chi connectivity index (χ4n) is 5.18. The van der Waals surface area contributed by atoms with Crippen molar-refractivity contribution >= 4 is 23.4 Å². The Balaban J connectivity index is 1.46. The van der Waals surface area contributed by atoms with E-state index in [1.807, 2.05) is 19.9 Å². The number of carboxylic acid groups (broad SMARTS) is 1. The number of carbonyl (C=O) groups is 3. The monoisotopic (exact) mass is 521 g/mol. The Morgan fingerprint density at radius 1 is 1.05 bits per heavy atom. The highest BCUT2D eigenvalue weighted by Gasteiger charge is 2.59. The van der Waals surface area contributed by atoms with Gasteiger partial charge in [-0.3, -0.25) is 14.4 Å². The molecule has 5 rings (SSSR count). The summed E-state index contributed by atoms with van der Waals surface area (Å²) in [5.41, 5.74) is 0.737. The Morgan fingerprint density at radius 2 is 1.71 bits per heavy atom. The van der Waals surface area contributed by atoms with Crippen LogP contribution in [0.3, 0.4) is 0 Å². The maximum atomic E-state index is 13.7. The van der Waals surface area contributed by atoms with Gasteiger partial charge in [0.15, 0.2) is 5.65 Å². The molecule has 0 bridgehead atoms. The second-order valence-corrected chi connectivity index (χ2v) is 12.0. The molecule has 1 aliphatic carbocycles.